The molecule has 4 nitrogen and oxygen atoms in total. The van der Waals surface area contributed by atoms with E-state index in [1.54, 1.807) is 0 Å². The average Bonchev–Trinajstić information content (AvgIpc) is 2.46. The van der Waals surface area contributed by atoms with E-state index in [1.165, 1.54) is 38.6 Å². The lowest BCUT2D eigenvalue weighted by Crippen LogP contribution is -2.48. The summed E-state index contributed by atoms with van der Waals surface area (Å²) in [6, 6.07) is 0. The van der Waals surface area contributed by atoms with E-state index in [2.05, 4.69) is 10.2 Å². The molecule has 1 saturated heterocycles. The summed E-state index contributed by atoms with van der Waals surface area (Å²) in [6.45, 7) is 9.10. The summed E-state index contributed by atoms with van der Waals surface area (Å²) in [5.74, 6) is 0. The van der Waals surface area contributed by atoms with Crippen LogP contribution >= 0.6 is 0 Å². The van der Waals surface area contributed by atoms with Crippen molar-refractivity contribution in [3.63, 3.8) is 0 Å². The lowest BCUT2D eigenvalue weighted by Gasteiger charge is -2.42. The number of nitrogens with one attached hydrogen (secondary N) is 1. The van der Waals surface area contributed by atoms with Gasteiger partial charge in [0.1, 0.15) is 0 Å². The Kier molecular flexibility index (Phi) is 6.75. The van der Waals surface area contributed by atoms with Crippen molar-refractivity contribution >= 4 is 0 Å². The smallest absolute Gasteiger partial charge is 0.0594 e. The van der Waals surface area contributed by atoms with Crippen molar-refractivity contribution < 1.29 is 9.84 Å². The van der Waals surface area contributed by atoms with Crippen molar-refractivity contribution in [2.24, 2.45) is 5.41 Å². The van der Waals surface area contributed by atoms with Crippen LogP contribution in [0.3, 0.4) is 0 Å². The highest BCUT2D eigenvalue weighted by Crippen LogP contribution is 2.36. The third-order valence-corrected chi connectivity index (χ3v) is 4.82. The molecule has 1 aliphatic carbocycles. The second kappa shape index (κ2) is 8.32. The highest BCUT2D eigenvalue weighted by molar-refractivity contribution is 4.88. The van der Waals surface area contributed by atoms with E-state index < -0.39 is 0 Å². The van der Waals surface area contributed by atoms with E-state index in [1.807, 2.05) is 6.92 Å². The molecule has 4 heteroatoms. The van der Waals surface area contributed by atoms with Gasteiger partial charge >= 0.3 is 0 Å². The first-order valence-corrected chi connectivity index (χ1v) is 8.39. The van der Waals surface area contributed by atoms with E-state index in [0.717, 1.165) is 45.8 Å². The lowest BCUT2D eigenvalue weighted by atomic mass is 9.73. The maximum Gasteiger partial charge on any atom is 0.0594 e. The summed E-state index contributed by atoms with van der Waals surface area (Å²) in [5.41, 5.74) is 0.453. The molecule has 2 fully saturated rings. The van der Waals surface area contributed by atoms with Gasteiger partial charge in [-0.1, -0.05) is 19.3 Å². The second-order valence-corrected chi connectivity index (χ2v) is 6.76. The average molecular weight is 284 g/mol. The highest BCUT2D eigenvalue weighted by atomic mass is 16.5. The van der Waals surface area contributed by atoms with Crippen LogP contribution in [0, 0.1) is 5.41 Å². The summed E-state index contributed by atoms with van der Waals surface area (Å²) in [7, 11) is 0. The van der Waals surface area contributed by atoms with Crippen LogP contribution in [-0.4, -0.2) is 62.0 Å². The Balaban J connectivity index is 1.80. The van der Waals surface area contributed by atoms with Crippen molar-refractivity contribution in [1.29, 1.82) is 0 Å². The molecule has 1 unspecified atom stereocenters. The molecular formula is C16H32N2O2. The van der Waals surface area contributed by atoms with Gasteiger partial charge in [-0.25, -0.2) is 0 Å². The maximum atomic E-state index is 9.35. The molecule has 0 aromatic heterocycles. The zero-order chi connectivity index (χ0) is 14.3. The predicted octanol–water partition coefficient (Wildman–Crippen LogP) is 1.63. The molecule has 2 rings (SSSR count). The van der Waals surface area contributed by atoms with Crippen molar-refractivity contribution in [1.82, 2.24) is 10.2 Å². The fourth-order valence-corrected chi connectivity index (χ4v) is 3.59. The number of rotatable bonds is 7. The zero-order valence-electron chi connectivity index (χ0n) is 13.1. The van der Waals surface area contributed by atoms with Crippen LogP contribution in [0.4, 0.5) is 0 Å². The minimum absolute atomic E-state index is 0.191. The first-order chi connectivity index (χ1) is 9.70. The molecule has 1 atom stereocenters. The first-order valence-electron chi connectivity index (χ1n) is 8.39. The van der Waals surface area contributed by atoms with Crippen LogP contribution in [0.25, 0.3) is 0 Å². The molecule has 1 saturated carbocycles. The second-order valence-electron chi connectivity index (χ2n) is 6.76. The molecule has 0 amide bonds. The van der Waals surface area contributed by atoms with Gasteiger partial charge in [0.25, 0.3) is 0 Å². The molecule has 0 spiro atoms. The Labute approximate surface area is 123 Å². The number of aliphatic hydroxyl groups is 1. The molecular weight excluding hydrogens is 252 g/mol. The summed E-state index contributed by atoms with van der Waals surface area (Å²) in [5, 5.41) is 13.0. The van der Waals surface area contributed by atoms with Crippen LogP contribution in [0.1, 0.15) is 45.4 Å². The number of aliphatic hydroxyl groups excluding tert-OH is 1. The van der Waals surface area contributed by atoms with Gasteiger partial charge in [-0.15, -0.1) is 0 Å². The van der Waals surface area contributed by atoms with Crippen LogP contribution in [0.5, 0.6) is 0 Å². The Morgan fingerprint density at radius 1 is 1.20 bits per heavy atom. The number of ether oxygens (including phenoxy) is 1. The summed E-state index contributed by atoms with van der Waals surface area (Å²) in [6.07, 6.45) is 7.53. The highest BCUT2D eigenvalue weighted by Gasteiger charge is 2.33. The van der Waals surface area contributed by atoms with E-state index in [4.69, 9.17) is 4.74 Å². The molecule has 0 aromatic rings. The van der Waals surface area contributed by atoms with Gasteiger partial charge in [-0.05, 0) is 38.1 Å². The third kappa shape index (κ3) is 5.32. The molecule has 1 heterocycles. The molecule has 0 bridgehead atoms. The summed E-state index contributed by atoms with van der Waals surface area (Å²) in [4.78, 5) is 2.59. The monoisotopic (exact) mass is 284 g/mol. The van der Waals surface area contributed by atoms with Crippen molar-refractivity contribution in [2.45, 2.75) is 51.6 Å². The van der Waals surface area contributed by atoms with Crippen LogP contribution in [0.15, 0.2) is 0 Å². The molecule has 118 valence electrons. The number of nitrogens with zero attached hydrogens (tertiary/aromatic N) is 1. The van der Waals surface area contributed by atoms with Crippen LogP contribution in [0.2, 0.25) is 0 Å². The molecule has 0 radical (unpaired) electrons. The van der Waals surface area contributed by atoms with E-state index in [9.17, 15) is 5.11 Å². The molecule has 1 aliphatic heterocycles. The van der Waals surface area contributed by atoms with Gasteiger partial charge in [0.05, 0.1) is 19.3 Å². The Morgan fingerprint density at radius 3 is 2.55 bits per heavy atom. The first kappa shape index (κ1) is 16.2. The fourth-order valence-electron chi connectivity index (χ4n) is 3.59. The van der Waals surface area contributed by atoms with Gasteiger partial charge in [0.15, 0.2) is 0 Å². The lowest BCUT2D eigenvalue weighted by molar-refractivity contribution is 0.00707. The number of morpholine rings is 1. The fraction of sp³-hybridized carbons (Fsp3) is 1.00. The maximum absolute atomic E-state index is 9.35. The summed E-state index contributed by atoms with van der Waals surface area (Å²) >= 11 is 0. The van der Waals surface area contributed by atoms with Crippen molar-refractivity contribution in [2.75, 3.05) is 45.9 Å². The number of hydrogen-bond acceptors (Lipinski definition) is 4. The van der Waals surface area contributed by atoms with E-state index in [-0.39, 0.29) is 6.10 Å². The minimum Gasteiger partial charge on any atom is -0.393 e. The zero-order valence-corrected chi connectivity index (χ0v) is 13.1. The Hall–Kier alpha value is -0.160. The Bertz CT molecular complexity index is 259. The van der Waals surface area contributed by atoms with E-state index >= 15 is 0 Å². The third-order valence-electron chi connectivity index (χ3n) is 4.82. The van der Waals surface area contributed by atoms with Gasteiger partial charge in [0, 0.05) is 26.2 Å². The summed E-state index contributed by atoms with van der Waals surface area (Å²) < 4.78 is 5.46. The van der Waals surface area contributed by atoms with Crippen molar-refractivity contribution in [3.05, 3.63) is 0 Å². The van der Waals surface area contributed by atoms with Crippen LogP contribution < -0.4 is 5.32 Å². The quantitative estimate of drug-likeness (QED) is 0.698. The molecule has 0 aromatic carbocycles. The van der Waals surface area contributed by atoms with Gasteiger partial charge in [-0.2, -0.15) is 0 Å². The topological polar surface area (TPSA) is 44.7 Å². The SMILES string of the molecule is CC(O)CCNCC1(CN2CCOCC2)CCCCC1. The normalized spacial score (nSPS) is 25.5. The standard InChI is InChI=1S/C16H32N2O2/c1-15(19)5-8-17-13-16(6-3-2-4-7-16)14-18-9-11-20-12-10-18/h15,17,19H,2-14H2,1H3. The van der Waals surface area contributed by atoms with Crippen molar-refractivity contribution in [3.8, 4) is 0 Å². The Morgan fingerprint density at radius 2 is 1.90 bits per heavy atom. The van der Waals surface area contributed by atoms with Gasteiger partial charge in [0.2, 0.25) is 0 Å². The largest absolute Gasteiger partial charge is 0.393 e. The molecule has 2 N–H and O–H groups in total. The number of hydrogen-bond donors (Lipinski definition) is 2. The van der Waals surface area contributed by atoms with Crippen LogP contribution in [-0.2, 0) is 4.74 Å². The van der Waals surface area contributed by atoms with Gasteiger partial charge < -0.3 is 15.2 Å². The van der Waals surface area contributed by atoms with E-state index in [0.29, 0.717) is 5.41 Å². The van der Waals surface area contributed by atoms with Gasteiger partial charge in [-0.3, -0.25) is 4.90 Å². The molecule has 2 aliphatic rings. The minimum atomic E-state index is -0.191. The predicted molar refractivity (Wildman–Crippen MR) is 81.9 cm³/mol. The molecule has 20 heavy (non-hydrogen) atoms.